The maximum Gasteiger partial charge on any atom is 0.272 e. The molecule has 0 unspecified atom stereocenters. The molecular weight excluding hydrogens is 386 g/mol. The van der Waals surface area contributed by atoms with Crippen LogP contribution < -0.4 is 10.5 Å². The van der Waals surface area contributed by atoms with Crippen LogP contribution >= 0.6 is 11.3 Å². The molecule has 1 aliphatic rings. The molecule has 1 amide bonds. The molecular formula is C21H21N5O2S. The van der Waals surface area contributed by atoms with E-state index in [1.54, 1.807) is 10.8 Å². The molecule has 3 aromatic rings. The van der Waals surface area contributed by atoms with Gasteiger partial charge in [-0.05, 0) is 30.0 Å². The zero-order chi connectivity index (χ0) is 20.4. The van der Waals surface area contributed by atoms with Gasteiger partial charge in [-0.25, -0.2) is 4.98 Å². The van der Waals surface area contributed by atoms with E-state index in [1.807, 2.05) is 46.4 Å². The lowest BCUT2D eigenvalue weighted by molar-refractivity contribution is 0.0751. The van der Waals surface area contributed by atoms with Crippen molar-refractivity contribution in [2.75, 3.05) is 31.1 Å². The summed E-state index contributed by atoms with van der Waals surface area (Å²) in [6, 6.07) is 9.57. The number of carbonyl (C=O) groups is 1. The monoisotopic (exact) mass is 407 g/mol. The Morgan fingerprint density at radius 2 is 2.03 bits per heavy atom. The SMILES string of the molecule is CCCn1c(=O)c(C#N)c(N2CCN(C(=O)c3cccs3)CC2)c2cccnc21. The Labute approximate surface area is 172 Å². The van der Waals surface area contributed by atoms with Crippen LogP contribution in [0.1, 0.15) is 28.6 Å². The molecule has 0 bridgehead atoms. The van der Waals surface area contributed by atoms with Gasteiger partial charge in [-0.1, -0.05) is 13.0 Å². The number of aromatic nitrogens is 2. The van der Waals surface area contributed by atoms with Crippen LogP contribution in [0.3, 0.4) is 0 Å². The summed E-state index contributed by atoms with van der Waals surface area (Å²) in [5.41, 5.74) is 1.09. The predicted molar refractivity (Wildman–Crippen MR) is 113 cm³/mol. The molecule has 8 heteroatoms. The number of aryl methyl sites for hydroxylation is 1. The van der Waals surface area contributed by atoms with Crippen LogP contribution in [0, 0.1) is 11.3 Å². The lowest BCUT2D eigenvalue weighted by atomic mass is 10.1. The summed E-state index contributed by atoms with van der Waals surface area (Å²) in [6.45, 7) is 4.72. The summed E-state index contributed by atoms with van der Waals surface area (Å²) in [5.74, 6) is 0.0324. The van der Waals surface area contributed by atoms with Crippen LogP contribution in [0.5, 0.6) is 0 Å². The lowest BCUT2D eigenvalue weighted by Gasteiger charge is -2.36. The van der Waals surface area contributed by atoms with Gasteiger partial charge in [0.25, 0.3) is 11.5 Å². The number of rotatable bonds is 4. The van der Waals surface area contributed by atoms with Crippen molar-refractivity contribution in [3.8, 4) is 6.07 Å². The van der Waals surface area contributed by atoms with Gasteiger partial charge in [0.1, 0.15) is 17.3 Å². The number of nitriles is 1. The minimum absolute atomic E-state index is 0.0324. The fraction of sp³-hybridized carbons (Fsp3) is 0.333. The fourth-order valence-electron chi connectivity index (χ4n) is 3.81. The second-order valence-electron chi connectivity index (χ2n) is 6.92. The molecule has 0 atom stereocenters. The molecule has 7 nitrogen and oxygen atoms in total. The highest BCUT2D eigenvalue weighted by atomic mass is 32.1. The van der Waals surface area contributed by atoms with E-state index in [1.165, 1.54) is 11.3 Å². The highest BCUT2D eigenvalue weighted by Crippen LogP contribution is 2.29. The molecule has 1 fully saturated rings. The topological polar surface area (TPSA) is 82.2 Å². The second kappa shape index (κ2) is 8.05. The summed E-state index contributed by atoms with van der Waals surface area (Å²) in [7, 11) is 0. The molecule has 0 aliphatic carbocycles. The van der Waals surface area contributed by atoms with Gasteiger partial charge in [0.2, 0.25) is 0 Å². The lowest BCUT2D eigenvalue weighted by Crippen LogP contribution is -2.49. The Balaban J connectivity index is 1.70. The molecule has 1 saturated heterocycles. The Hall–Kier alpha value is -3.18. The Morgan fingerprint density at radius 3 is 2.69 bits per heavy atom. The number of hydrogen-bond acceptors (Lipinski definition) is 6. The van der Waals surface area contributed by atoms with Gasteiger partial charge in [0.05, 0.1) is 10.6 Å². The number of anilines is 1. The van der Waals surface area contributed by atoms with Gasteiger partial charge in [-0.15, -0.1) is 11.3 Å². The Kier molecular flexibility index (Phi) is 5.32. The van der Waals surface area contributed by atoms with Crippen molar-refractivity contribution in [3.05, 3.63) is 56.6 Å². The van der Waals surface area contributed by atoms with E-state index in [2.05, 4.69) is 11.1 Å². The number of piperazine rings is 1. The van der Waals surface area contributed by atoms with E-state index < -0.39 is 0 Å². The summed E-state index contributed by atoms with van der Waals surface area (Å²) < 4.78 is 1.59. The molecule has 3 aromatic heterocycles. The average Bonchev–Trinajstić information content (AvgIpc) is 3.30. The highest BCUT2D eigenvalue weighted by molar-refractivity contribution is 7.12. The molecule has 29 heavy (non-hydrogen) atoms. The summed E-state index contributed by atoms with van der Waals surface area (Å²) in [6.07, 6.45) is 2.45. The van der Waals surface area contributed by atoms with Crippen LogP contribution in [0.4, 0.5) is 5.69 Å². The first-order valence-electron chi connectivity index (χ1n) is 9.65. The van der Waals surface area contributed by atoms with Crippen molar-refractivity contribution in [2.45, 2.75) is 19.9 Å². The minimum Gasteiger partial charge on any atom is -0.366 e. The molecule has 0 radical (unpaired) electrons. The number of hydrogen-bond donors (Lipinski definition) is 0. The third kappa shape index (κ3) is 3.38. The highest BCUT2D eigenvalue weighted by Gasteiger charge is 2.27. The van der Waals surface area contributed by atoms with Crippen molar-refractivity contribution in [1.82, 2.24) is 14.5 Å². The van der Waals surface area contributed by atoms with Gasteiger partial charge in [0.15, 0.2) is 0 Å². The number of pyridine rings is 2. The van der Waals surface area contributed by atoms with E-state index in [-0.39, 0.29) is 17.0 Å². The zero-order valence-corrected chi connectivity index (χ0v) is 17.0. The minimum atomic E-state index is -0.298. The van der Waals surface area contributed by atoms with Crippen LogP contribution in [-0.4, -0.2) is 46.5 Å². The van der Waals surface area contributed by atoms with E-state index in [4.69, 9.17) is 0 Å². The third-order valence-electron chi connectivity index (χ3n) is 5.17. The van der Waals surface area contributed by atoms with Crippen LogP contribution in [0.2, 0.25) is 0 Å². The maximum absolute atomic E-state index is 13.0. The number of carbonyl (C=O) groups excluding carboxylic acids is 1. The predicted octanol–water partition coefficient (Wildman–Crippen LogP) is 2.70. The first kappa shape index (κ1) is 19.2. The first-order chi connectivity index (χ1) is 14.2. The molecule has 1 aliphatic heterocycles. The summed E-state index contributed by atoms with van der Waals surface area (Å²) >= 11 is 1.44. The van der Waals surface area contributed by atoms with Crippen molar-refractivity contribution in [1.29, 1.82) is 5.26 Å². The Morgan fingerprint density at radius 1 is 1.24 bits per heavy atom. The number of fused-ring (bicyclic) bond motifs is 1. The van der Waals surface area contributed by atoms with Crippen molar-refractivity contribution in [2.24, 2.45) is 0 Å². The molecule has 4 heterocycles. The summed E-state index contributed by atoms with van der Waals surface area (Å²) in [5, 5.41) is 12.5. The zero-order valence-electron chi connectivity index (χ0n) is 16.2. The normalized spacial score (nSPS) is 14.2. The first-order valence-corrected chi connectivity index (χ1v) is 10.5. The second-order valence-corrected chi connectivity index (χ2v) is 7.87. The molecule has 0 N–H and O–H groups in total. The van der Waals surface area contributed by atoms with Crippen molar-refractivity contribution in [3.63, 3.8) is 0 Å². The van der Waals surface area contributed by atoms with Crippen LogP contribution in [-0.2, 0) is 6.54 Å². The van der Waals surface area contributed by atoms with E-state index in [0.29, 0.717) is 44.1 Å². The van der Waals surface area contributed by atoms with E-state index in [9.17, 15) is 14.9 Å². The quantitative estimate of drug-likeness (QED) is 0.664. The smallest absolute Gasteiger partial charge is 0.272 e. The Bertz CT molecular complexity index is 1140. The number of thiophene rings is 1. The molecule has 0 spiro atoms. The molecule has 148 valence electrons. The average molecular weight is 407 g/mol. The van der Waals surface area contributed by atoms with Gasteiger partial charge < -0.3 is 9.80 Å². The maximum atomic E-state index is 13.0. The van der Waals surface area contributed by atoms with Gasteiger partial charge in [0, 0.05) is 44.3 Å². The molecule has 4 rings (SSSR count). The molecule has 0 aromatic carbocycles. The number of nitrogens with zero attached hydrogens (tertiary/aromatic N) is 5. The largest absolute Gasteiger partial charge is 0.366 e. The van der Waals surface area contributed by atoms with Crippen LogP contribution in [0.15, 0.2) is 40.6 Å². The summed E-state index contributed by atoms with van der Waals surface area (Å²) in [4.78, 5) is 34.6. The van der Waals surface area contributed by atoms with Crippen LogP contribution in [0.25, 0.3) is 11.0 Å². The standard InChI is InChI=1S/C21H21N5O2S/c1-2-8-26-19-15(5-3-7-23-19)18(16(14-22)20(26)27)24-9-11-25(12-10-24)21(28)17-6-4-13-29-17/h3-7,13H,2,8-12H2,1H3. The van der Waals surface area contributed by atoms with Gasteiger partial charge in [-0.3, -0.25) is 14.2 Å². The van der Waals surface area contributed by atoms with E-state index in [0.717, 1.165) is 16.7 Å². The van der Waals surface area contributed by atoms with E-state index >= 15 is 0 Å². The van der Waals surface area contributed by atoms with Crippen molar-refractivity contribution >= 4 is 34.0 Å². The number of amides is 1. The van der Waals surface area contributed by atoms with Gasteiger partial charge >= 0.3 is 0 Å². The molecule has 0 saturated carbocycles. The third-order valence-corrected chi connectivity index (χ3v) is 6.03. The fourth-order valence-corrected chi connectivity index (χ4v) is 4.50. The van der Waals surface area contributed by atoms with Gasteiger partial charge in [-0.2, -0.15) is 5.26 Å². The van der Waals surface area contributed by atoms with Crippen molar-refractivity contribution < 1.29 is 4.79 Å².